The van der Waals surface area contributed by atoms with Gasteiger partial charge in [-0.3, -0.25) is 0 Å². The summed E-state index contributed by atoms with van der Waals surface area (Å²) in [6, 6.07) is 6.42. The molecule has 4 heterocycles. The zero-order valence-corrected chi connectivity index (χ0v) is 16.1. The summed E-state index contributed by atoms with van der Waals surface area (Å²) >= 11 is 1.70. The molecular formula is C19H24N6S. The Kier molecular flexibility index (Phi) is 4.99. The molecule has 4 rings (SSSR count). The number of aryl methyl sites for hydroxylation is 1. The number of rotatable bonds is 5. The number of thiophene rings is 1. The highest BCUT2D eigenvalue weighted by Gasteiger charge is 2.16. The first-order chi connectivity index (χ1) is 12.7. The Morgan fingerprint density at radius 2 is 1.96 bits per heavy atom. The van der Waals surface area contributed by atoms with Gasteiger partial charge in [0, 0.05) is 43.8 Å². The molecule has 0 bridgehead atoms. The van der Waals surface area contributed by atoms with Crippen LogP contribution in [-0.2, 0) is 6.54 Å². The summed E-state index contributed by atoms with van der Waals surface area (Å²) in [5.41, 5.74) is 1.15. The first-order valence-electron chi connectivity index (χ1n) is 9.10. The van der Waals surface area contributed by atoms with Gasteiger partial charge in [0.25, 0.3) is 0 Å². The Morgan fingerprint density at radius 1 is 1.12 bits per heavy atom. The Morgan fingerprint density at radius 3 is 2.69 bits per heavy atom. The van der Waals surface area contributed by atoms with E-state index in [9.17, 15) is 0 Å². The van der Waals surface area contributed by atoms with Crippen molar-refractivity contribution < 1.29 is 0 Å². The molecule has 3 aromatic rings. The van der Waals surface area contributed by atoms with E-state index >= 15 is 0 Å². The second-order valence-corrected chi connectivity index (χ2v) is 7.83. The molecule has 0 aliphatic carbocycles. The monoisotopic (exact) mass is 368 g/mol. The lowest BCUT2D eigenvalue weighted by molar-refractivity contribution is 0.270. The van der Waals surface area contributed by atoms with Gasteiger partial charge in [-0.05, 0) is 31.2 Å². The maximum atomic E-state index is 4.67. The molecule has 0 radical (unpaired) electrons. The van der Waals surface area contributed by atoms with Crippen molar-refractivity contribution in [2.24, 2.45) is 0 Å². The number of aromatic nitrogens is 3. The number of hydrogen-bond donors (Lipinski definition) is 1. The van der Waals surface area contributed by atoms with Crippen LogP contribution in [-0.4, -0.2) is 52.6 Å². The van der Waals surface area contributed by atoms with Gasteiger partial charge in [0.05, 0.1) is 5.39 Å². The highest BCUT2D eigenvalue weighted by molar-refractivity contribution is 7.18. The number of hydrogen-bond acceptors (Lipinski definition) is 7. The van der Waals surface area contributed by atoms with E-state index in [1.807, 2.05) is 6.20 Å². The van der Waals surface area contributed by atoms with Gasteiger partial charge < -0.3 is 15.1 Å². The summed E-state index contributed by atoms with van der Waals surface area (Å²) in [5.74, 6) is 1.96. The summed E-state index contributed by atoms with van der Waals surface area (Å²) in [6.45, 7) is 10.5. The summed E-state index contributed by atoms with van der Waals surface area (Å²) in [6.07, 6.45) is 3.59. The summed E-state index contributed by atoms with van der Waals surface area (Å²) < 4.78 is 0. The molecule has 1 saturated heterocycles. The Balaban J connectivity index is 1.40. The van der Waals surface area contributed by atoms with E-state index < -0.39 is 0 Å². The third-order valence-corrected chi connectivity index (χ3v) is 5.82. The minimum Gasteiger partial charge on any atom is -0.365 e. The highest BCUT2D eigenvalue weighted by Crippen LogP contribution is 2.27. The summed E-state index contributed by atoms with van der Waals surface area (Å²) in [5, 5.41) is 4.52. The maximum absolute atomic E-state index is 4.67. The van der Waals surface area contributed by atoms with E-state index in [2.05, 4.69) is 62.1 Å². The van der Waals surface area contributed by atoms with E-state index in [1.165, 1.54) is 4.88 Å². The molecule has 0 spiro atoms. The van der Waals surface area contributed by atoms with Crippen molar-refractivity contribution >= 4 is 33.2 Å². The SMILES string of the molecule is CCN1CCN(c2ccc(CNc3ncnc4sc(C)cc34)cn2)CC1. The quantitative estimate of drug-likeness (QED) is 0.747. The number of nitrogens with zero attached hydrogens (tertiary/aromatic N) is 5. The third kappa shape index (κ3) is 3.64. The van der Waals surface area contributed by atoms with Crippen molar-refractivity contribution in [1.29, 1.82) is 0 Å². The van der Waals surface area contributed by atoms with E-state index in [1.54, 1.807) is 17.7 Å². The van der Waals surface area contributed by atoms with Crippen LogP contribution < -0.4 is 10.2 Å². The molecule has 0 saturated carbocycles. The average molecular weight is 369 g/mol. The molecule has 136 valence electrons. The number of piperazine rings is 1. The smallest absolute Gasteiger partial charge is 0.138 e. The molecule has 1 N–H and O–H groups in total. The van der Waals surface area contributed by atoms with Gasteiger partial charge >= 0.3 is 0 Å². The molecule has 0 amide bonds. The summed E-state index contributed by atoms with van der Waals surface area (Å²) in [7, 11) is 0. The van der Waals surface area contributed by atoms with Crippen molar-refractivity contribution in [2.75, 3.05) is 42.9 Å². The number of pyridine rings is 1. The third-order valence-electron chi connectivity index (χ3n) is 4.87. The lowest BCUT2D eigenvalue weighted by Gasteiger charge is -2.34. The van der Waals surface area contributed by atoms with Gasteiger partial charge in [-0.25, -0.2) is 15.0 Å². The van der Waals surface area contributed by atoms with Crippen molar-refractivity contribution in [3.63, 3.8) is 0 Å². The predicted molar refractivity (Wildman–Crippen MR) is 108 cm³/mol. The normalized spacial score (nSPS) is 15.5. The number of fused-ring (bicyclic) bond motifs is 1. The standard InChI is InChI=1S/C19H24N6S/c1-3-24-6-8-25(9-7-24)17-5-4-15(11-20-17)12-21-18-16-10-14(2)26-19(16)23-13-22-18/h4-5,10-11,13H,3,6-9,12H2,1-2H3,(H,21,22,23). The van der Waals surface area contributed by atoms with Gasteiger partial charge in [-0.15, -0.1) is 11.3 Å². The molecule has 0 atom stereocenters. The Hall–Kier alpha value is -2.25. The van der Waals surface area contributed by atoms with Crippen LogP contribution in [0, 0.1) is 6.92 Å². The lowest BCUT2D eigenvalue weighted by Crippen LogP contribution is -2.46. The minimum absolute atomic E-state index is 0.706. The zero-order chi connectivity index (χ0) is 17.9. The van der Waals surface area contributed by atoms with Gasteiger partial charge in [-0.1, -0.05) is 13.0 Å². The molecule has 1 aliphatic heterocycles. The first kappa shape index (κ1) is 17.2. The van der Waals surface area contributed by atoms with Crippen LogP contribution in [0.4, 0.5) is 11.6 Å². The number of likely N-dealkylation sites (N-methyl/N-ethyl adjacent to an activating group) is 1. The van der Waals surface area contributed by atoms with Crippen LogP contribution in [0.5, 0.6) is 0 Å². The summed E-state index contributed by atoms with van der Waals surface area (Å²) in [4.78, 5) is 20.5. The van der Waals surface area contributed by atoms with Gasteiger partial charge in [0.2, 0.25) is 0 Å². The van der Waals surface area contributed by atoms with Crippen LogP contribution in [0.2, 0.25) is 0 Å². The van der Waals surface area contributed by atoms with E-state index in [0.29, 0.717) is 6.54 Å². The van der Waals surface area contributed by atoms with Gasteiger partial charge in [-0.2, -0.15) is 0 Å². The largest absolute Gasteiger partial charge is 0.365 e. The van der Waals surface area contributed by atoms with Gasteiger partial charge in [0.15, 0.2) is 0 Å². The fourth-order valence-corrected chi connectivity index (χ4v) is 4.15. The van der Waals surface area contributed by atoms with E-state index in [-0.39, 0.29) is 0 Å². The van der Waals surface area contributed by atoms with E-state index in [4.69, 9.17) is 0 Å². The number of nitrogens with one attached hydrogen (secondary N) is 1. The topological polar surface area (TPSA) is 57.2 Å². The fourth-order valence-electron chi connectivity index (χ4n) is 3.30. The molecule has 3 aromatic heterocycles. The second-order valence-electron chi connectivity index (χ2n) is 6.60. The lowest BCUT2D eigenvalue weighted by atomic mass is 10.2. The Bertz CT molecular complexity index is 867. The molecule has 0 unspecified atom stereocenters. The maximum Gasteiger partial charge on any atom is 0.138 e. The number of anilines is 2. The highest BCUT2D eigenvalue weighted by atomic mass is 32.1. The van der Waals surface area contributed by atoms with Crippen LogP contribution in [0.3, 0.4) is 0 Å². The predicted octanol–water partition coefficient (Wildman–Crippen LogP) is 3.15. The second kappa shape index (κ2) is 7.55. The molecule has 0 aromatic carbocycles. The zero-order valence-electron chi connectivity index (χ0n) is 15.3. The molecule has 7 heteroatoms. The van der Waals surface area contributed by atoms with Crippen molar-refractivity contribution in [2.45, 2.75) is 20.4 Å². The molecule has 6 nitrogen and oxygen atoms in total. The van der Waals surface area contributed by atoms with Crippen molar-refractivity contribution in [3.05, 3.63) is 41.2 Å². The van der Waals surface area contributed by atoms with Crippen LogP contribution in [0.1, 0.15) is 17.4 Å². The molecule has 1 fully saturated rings. The van der Waals surface area contributed by atoms with Crippen LogP contribution >= 0.6 is 11.3 Å². The van der Waals surface area contributed by atoms with Crippen molar-refractivity contribution in [1.82, 2.24) is 19.9 Å². The molecule has 26 heavy (non-hydrogen) atoms. The average Bonchev–Trinajstić information content (AvgIpc) is 3.07. The Labute approximate surface area is 157 Å². The molecular weight excluding hydrogens is 344 g/mol. The van der Waals surface area contributed by atoms with Crippen LogP contribution in [0.25, 0.3) is 10.2 Å². The fraction of sp³-hybridized carbons (Fsp3) is 0.421. The van der Waals surface area contributed by atoms with Crippen molar-refractivity contribution in [3.8, 4) is 0 Å². The van der Waals surface area contributed by atoms with E-state index in [0.717, 1.165) is 60.1 Å². The van der Waals surface area contributed by atoms with Crippen LogP contribution in [0.15, 0.2) is 30.7 Å². The molecule has 1 aliphatic rings. The first-order valence-corrected chi connectivity index (χ1v) is 9.92. The minimum atomic E-state index is 0.706. The van der Waals surface area contributed by atoms with Gasteiger partial charge in [0.1, 0.15) is 22.8 Å².